The molecule has 60 valence electrons. The van der Waals surface area contributed by atoms with Crippen molar-refractivity contribution in [2.75, 3.05) is 20.8 Å². The maximum atomic E-state index is 4.36. The summed E-state index contributed by atoms with van der Waals surface area (Å²) in [4.78, 5) is 0. The number of rotatable bonds is 0. The van der Waals surface area contributed by atoms with E-state index in [4.69, 9.17) is 0 Å². The topological polar surface area (TPSA) is 27.6 Å². The van der Waals surface area contributed by atoms with E-state index in [2.05, 4.69) is 30.6 Å². The number of nitrogens with one attached hydrogen (secondary N) is 1. The highest BCUT2D eigenvalue weighted by Gasteiger charge is 2.40. The average molecular weight is 153 g/mol. The zero-order valence-electron chi connectivity index (χ0n) is 7.13. The van der Waals surface area contributed by atoms with E-state index in [1.165, 1.54) is 5.70 Å². The monoisotopic (exact) mass is 153 g/mol. The van der Waals surface area contributed by atoms with Crippen molar-refractivity contribution in [3.05, 3.63) is 11.8 Å². The van der Waals surface area contributed by atoms with Crippen LogP contribution in [-0.2, 0) is 0 Å². The van der Waals surface area contributed by atoms with Crippen molar-refractivity contribution in [3.63, 3.8) is 0 Å². The minimum absolute atomic E-state index is 0.725. The fraction of sp³-hybridized carbons (Fsp3) is 0.571. The molecule has 4 heteroatoms. The molecule has 0 radical (unpaired) electrons. The van der Waals surface area contributed by atoms with Gasteiger partial charge in [0.2, 0.25) is 0 Å². The van der Waals surface area contributed by atoms with Crippen LogP contribution in [-0.4, -0.2) is 36.2 Å². The predicted octanol–water partition coefficient (Wildman–Crippen LogP) is 0.0714. The van der Waals surface area contributed by atoms with Crippen molar-refractivity contribution in [2.45, 2.75) is 6.92 Å². The molecule has 2 rings (SSSR count). The number of hydrogen-bond donors (Lipinski definition) is 1. The molecule has 2 aliphatic heterocycles. The normalized spacial score (nSPS) is 34.6. The fourth-order valence-electron chi connectivity index (χ4n) is 1.67. The molecule has 1 unspecified atom stereocenters. The Balaban J connectivity index is 2.36. The van der Waals surface area contributed by atoms with E-state index in [0.29, 0.717) is 0 Å². The van der Waals surface area contributed by atoms with E-state index in [0.717, 1.165) is 17.1 Å². The number of allylic oxidation sites excluding steroid dienone is 1. The molecular weight excluding hydrogens is 140 g/mol. The van der Waals surface area contributed by atoms with Crippen LogP contribution in [0, 0.1) is 0 Å². The SMILES string of the molecule is CC1=CC2=NN(C)C[N+]2(C)N1. The van der Waals surface area contributed by atoms with Crippen molar-refractivity contribution in [3.8, 4) is 0 Å². The highest BCUT2D eigenvalue weighted by Crippen LogP contribution is 2.19. The second kappa shape index (κ2) is 1.76. The molecule has 4 nitrogen and oxygen atoms in total. The first-order valence-electron chi connectivity index (χ1n) is 3.73. The number of quaternary nitrogens is 1. The van der Waals surface area contributed by atoms with Crippen LogP contribution in [0.4, 0.5) is 0 Å². The third-order valence-corrected chi connectivity index (χ3v) is 2.04. The third kappa shape index (κ3) is 0.826. The zero-order chi connectivity index (χ0) is 8.06. The molecule has 1 N–H and O–H groups in total. The summed E-state index contributed by atoms with van der Waals surface area (Å²) in [5.41, 5.74) is 4.54. The number of nitrogens with zero attached hydrogens (tertiary/aromatic N) is 3. The van der Waals surface area contributed by atoms with Crippen molar-refractivity contribution in [1.82, 2.24) is 10.4 Å². The Morgan fingerprint density at radius 3 is 3.09 bits per heavy atom. The summed E-state index contributed by atoms with van der Waals surface area (Å²) in [6, 6.07) is 0. The molecule has 11 heavy (non-hydrogen) atoms. The van der Waals surface area contributed by atoms with Crippen LogP contribution in [0.1, 0.15) is 6.92 Å². The molecule has 0 aromatic rings. The van der Waals surface area contributed by atoms with Gasteiger partial charge in [-0.2, -0.15) is 4.59 Å². The van der Waals surface area contributed by atoms with Gasteiger partial charge in [-0.1, -0.05) is 0 Å². The van der Waals surface area contributed by atoms with E-state index < -0.39 is 0 Å². The Morgan fingerprint density at radius 2 is 2.45 bits per heavy atom. The van der Waals surface area contributed by atoms with Crippen molar-refractivity contribution < 1.29 is 4.59 Å². The summed E-state index contributed by atoms with van der Waals surface area (Å²) in [6.07, 6.45) is 2.09. The van der Waals surface area contributed by atoms with Gasteiger partial charge in [-0.05, 0) is 6.92 Å². The maximum Gasteiger partial charge on any atom is 0.272 e. The molecule has 0 fully saturated rings. The summed E-state index contributed by atoms with van der Waals surface area (Å²) < 4.78 is 0.725. The van der Waals surface area contributed by atoms with Gasteiger partial charge in [0, 0.05) is 13.1 Å². The van der Waals surface area contributed by atoms with Crippen LogP contribution in [0.2, 0.25) is 0 Å². The molecule has 1 atom stereocenters. The zero-order valence-corrected chi connectivity index (χ0v) is 7.13. The highest BCUT2D eigenvalue weighted by atomic mass is 15.8. The van der Waals surface area contributed by atoms with Gasteiger partial charge < -0.3 is 0 Å². The van der Waals surface area contributed by atoms with Gasteiger partial charge in [0.15, 0.2) is 6.67 Å². The van der Waals surface area contributed by atoms with Gasteiger partial charge in [-0.25, -0.2) is 10.4 Å². The molecule has 0 aliphatic carbocycles. The Morgan fingerprint density at radius 1 is 1.73 bits per heavy atom. The molecular formula is C7H13N4+. The lowest BCUT2D eigenvalue weighted by Crippen LogP contribution is -2.53. The van der Waals surface area contributed by atoms with Crippen LogP contribution in [0.3, 0.4) is 0 Å². The first kappa shape index (κ1) is 6.67. The first-order valence-corrected chi connectivity index (χ1v) is 3.73. The Hall–Kier alpha value is -1.03. The largest absolute Gasteiger partial charge is 0.272 e. The number of hydrogen-bond acceptors (Lipinski definition) is 3. The van der Waals surface area contributed by atoms with Crippen LogP contribution in [0.25, 0.3) is 0 Å². The lowest BCUT2D eigenvalue weighted by Gasteiger charge is -2.24. The van der Waals surface area contributed by atoms with E-state index in [1.54, 1.807) is 0 Å². The van der Waals surface area contributed by atoms with Crippen LogP contribution >= 0.6 is 0 Å². The third-order valence-electron chi connectivity index (χ3n) is 2.04. The average Bonchev–Trinajstić information content (AvgIpc) is 2.16. The molecule has 0 saturated carbocycles. The second-order valence-electron chi connectivity index (χ2n) is 3.39. The van der Waals surface area contributed by atoms with E-state index in [1.807, 2.05) is 12.1 Å². The van der Waals surface area contributed by atoms with Crippen molar-refractivity contribution >= 4 is 5.84 Å². The molecule has 0 aromatic carbocycles. The first-order chi connectivity index (χ1) is 5.10. The van der Waals surface area contributed by atoms with Gasteiger partial charge in [0.05, 0.1) is 12.7 Å². The molecule has 0 aromatic heterocycles. The van der Waals surface area contributed by atoms with Crippen LogP contribution in [0.15, 0.2) is 16.9 Å². The summed E-state index contributed by atoms with van der Waals surface area (Å²) in [6.45, 7) is 2.97. The number of amidine groups is 1. The minimum Gasteiger partial charge on any atom is -0.242 e. The standard InChI is InChI=1S/C7H13N4/c1-6-4-7-8-10(2)5-11(7,3)9-6/h4,9H,5H2,1-3H3/q+1. The lowest BCUT2D eigenvalue weighted by molar-refractivity contribution is -0.860. The summed E-state index contributed by atoms with van der Waals surface area (Å²) in [5.74, 6) is 1.10. The van der Waals surface area contributed by atoms with Crippen LogP contribution in [0.5, 0.6) is 0 Å². The van der Waals surface area contributed by atoms with Crippen molar-refractivity contribution in [1.29, 1.82) is 0 Å². The molecule has 2 heterocycles. The lowest BCUT2D eigenvalue weighted by atomic mass is 10.4. The Kier molecular flexibility index (Phi) is 1.07. The number of fused-ring (bicyclic) bond motifs is 1. The van der Waals surface area contributed by atoms with E-state index in [-0.39, 0.29) is 0 Å². The molecule has 2 aliphatic rings. The minimum atomic E-state index is 0.725. The van der Waals surface area contributed by atoms with Crippen LogP contribution < -0.4 is 5.43 Å². The number of hydrazone groups is 1. The fourth-order valence-corrected chi connectivity index (χ4v) is 1.67. The Labute approximate surface area is 66.3 Å². The molecule has 0 amide bonds. The quantitative estimate of drug-likeness (QED) is 0.499. The van der Waals surface area contributed by atoms with Gasteiger partial charge in [0.1, 0.15) is 0 Å². The smallest absolute Gasteiger partial charge is 0.242 e. The van der Waals surface area contributed by atoms with Gasteiger partial charge >= 0.3 is 0 Å². The van der Waals surface area contributed by atoms with Gasteiger partial charge in [0.25, 0.3) is 5.84 Å². The number of likely N-dealkylation sites (N-methyl/N-ethyl adjacent to an activating group) is 1. The molecule has 0 saturated heterocycles. The summed E-state index contributed by atoms with van der Waals surface area (Å²) in [7, 11) is 4.11. The van der Waals surface area contributed by atoms with Gasteiger partial charge in [-0.3, -0.25) is 0 Å². The highest BCUT2D eigenvalue weighted by molar-refractivity contribution is 5.89. The van der Waals surface area contributed by atoms with Crippen molar-refractivity contribution in [2.24, 2.45) is 5.10 Å². The molecule has 0 bridgehead atoms. The summed E-state index contributed by atoms with van der Waals surface area (Å²) >= 11 is 0. The second-order valence-corrected chi connectivity index (χ2v) is 3.39. The van der Waals surface area contributed by atoms with Gasteiger partial charge in [-0.15, -0.1) is 5.10 Å². The molecule has 0 spiro atoms. The predicted molar refractivity (Wildman–Crippen MR) is 43.1 cm³/mol. The van der Waals surface area contributed by atoms with E-state index >= 15 is 0 Å². The van der Waals surface area contributed by atoms with E-state index in [9.17, 15) is 0 Å². The summed E-state index contributed by atoms with van der Waals surface area (Å²) in [5, 5.41) is 6.31. The maximum absolute atomic E-state index is 4.36. The Bertz CT molecular complexity index is 255.